The van der Waals surface area contributed by atoms with Crippen LogP contribution in [0.3, 0.4) is 0 Å². The molecule has 0 bridgehead atoms. The molecule has 4 heteroatoms. The minimum atomic E-state index is 0.314. The van der Waals surface area contributed by atoms with E-state index in [1.165, 1.54) is 0 Å². The maximum absolute atomic E-state index is 10.3. The summed E-state index contributed by atoms with van der Waals surface area (Å²) < 4.78 is 2.15. The Bertz CT molecular complexity index is 1470. The molecule has 0 saturated heterocycles. The summed E-state index contributed by atoms with van der Waals surface area (Å²) in [5, 5.41) is 22.3. The van der Waals surface area contributed by atoms with Gasteiger partial charge in [-0.2, -0.15) is 0 Å². The van der Waals surface area contributed by atoms with Crippen molar-refractivity contribution in [2.45, 2.75) is 0 Å². The Morgan fingerprint density at radius 3 is 1.67 bits per heavy atom. The highest BCUT2D eigenvalue weighted by molar-refractivity contribution is 7.20. The van der Waals surface area contributed by atoms with Gasteiger partial charge in [0.15, 0.2) is 0 Å². The van der Waals surface area contributed by atoms with Crippen LogP contribution in [-0.4, -0.2) is 10.2 Å². The molecule has 4 rings (SSSR count). The van der Waals surface area contributed by atoms with Crippen molar-refractivity contribution in [1.29, 1.82) is 0 Å². The van der Waals surface area contributed by atoms with E-state index in [9.17, 15) is 10.2 Å². The molecular formula is C29H22O2S2. The van der Waals surface area contributed by atoms with Gasteiger partial charge in [0.1, 0.15) is 11.5 Å². The van der Waals surface area contributed by atoms with Crippen LogP contribution < -0.4 is 0 Å². The Balaban J connectivity index is 1.25. The van der Waals surface area contributed by atoms with Crippen molar-refractivity contribution < 1.29 is 10.2 Å². The number of hydrogen-bond donors (Lipinski definition) is 2. The van der Waals surface area contributed by atoms with Crippen LogP contribution in [0, 0.1) is 0 Å². The summed E-state index contributed by atoms with van der Waals surface area (Å²) in [7, 11) is 0. The summed E-state index contributed by atoms with van der Waals surface area (Å²) in [6.45, 7) is 0. The van der Waals surface area contributed by atoms with Gasteiger partial charge in [0.25, 0.3) is 0 Å². The smallest absolute Gasteiger partial charge is 0.142 e. The second-order valence-electron chi connectivity index (χ2n) is 7.00. The fraction of sp³-hybridized carbons (Fsp3) is 0. The molecule has 2 N–H and O–H groups in total. The van der Waals surface area contributed by atoms with Crippen molar-refractivity contribution in [3.05, 3.63) is 125 Å². The first-order chi connectivity index (χ1) is 16.2. The van der Waals surface area contributed by atoms with Crippen molar-refractivity contribution in [3.63, 3.8) is 0 Å². The molecule has 2 nitrogen and oxygen atoms in total. The van der Waals surface area contributed by atoms with E-state index in [0.29, 0.717) is 11.5 Å². The van der Waals surface area contributed by atoms with Crippen LogP contribution in [0.25, 0.3) is 32.3 Å². The first kappa shape index (κ1) is 22.4. The van der Waals surface area contributed by atoms with E-state index in [4.69, 9.17) is 0 Å². The Morgan fingerprint density at radius 2 is 1.06 bits per heavy atom. The molecule has 0 radical (unpaired) electrons. The lowest BCUT2D eigenvalue weighted by Gasteiger charge is -1.89. The highest BCUT2D eigenvalue weighted by Gasteiger charge is 2.07. The van der Waals surface area contributed by atoms with Crippen molar-refractivity contribution >= 4 is 55.0 Å². The Kier molecular flexibility index (Phi) is 7.57. The molecule has 0 atom stereocenters. The molecule has 0 amide bonds. The van der Waals surface area contributed by atoms with Gasteiger partial charge in [0.05, 0.1) is 9.75 Å². The Morgan fingerprint density at radius 1 is 0.576 bits per heavy atom. The summed E-state index contributed by atoms with van der Waals surface area (Å²) in [5.74, 6) is 0.657. The summed E-state index contributed by atoms with van der Waals surface area (Å²) >= 11 is 3.13. The van der Waals surface area contributed by atoms with Gasteiger partial charge < -0.3 is 10.2 Å². The molecule has 0 aliphatic heterocycles. The number of thiophene rings is 2. The summed E-state index contributed by atoms with van der Waals surface area (Å²) in [6.07, 6.45) is 22.9. The number of hydrogen-bond acceptors (Lipinski definition) is 4. The maximum atomic E-state index is 10.3. The molecule has 2 heterocycles. The molecule has 2 aromatic carbocycles. The van der Waals surface area contributed by atoms with Gasteiger partial charge in [-0.25, -0.2) is 0 Å². The van der Waals surface area contributed by atoms with Crippen molar-refractivity contribution in [1.82, 2.24) is 0 Å². The number of fused-ring (bicyclic) bond motifs is 2. The molecule has 4 aromatic rings. The molecular weight excluding hydrogens is 444 g/mol. The Hall–Kier alpha value is -3.82. The molecule has 0 fully saturated rings. The van der Waals surface area contributed by atoms with Gasteiger partial charge in [-0.15, -0.1) is 28.4 Å². The second kappa shape index (κ2) is 11.2. The third-order valence-electron chi connectivity index (χ3n) is 4.73. The third kappa shape index (κ3) is 5.71. The second-order valence-corrected chi connectivity index (χ2v) is 9.17. The molecule has 0 aliphatic carbocycles. The van der Waals surface area contributed by atoms with Crippen LogP contribution >= 0.6 is 22.7 Å². The molecule has 33 heavy (non-hydrogen) atoms. The molecule has 0 saturated carbocycles. The van der Waals surface area contributed by atoms with Gasteiger partial charge in [-0.3, -0.25) is 0 Å². The number of benzene rings is 2. The highest BCUT2D eigenvalue weighted by atomic mass is 32.1. The predicted octanol–water partition coefficient (Wildman–Crippen LogP) is 8.63. The number of allylic oxidation sites excluding steroid dienone is 10. The van der Waals surface area contributed by atoms with Crippen LogP contribution in [0.5, 0.6) is 11.5 Å². The molecule has 2 aromatic heterocycles. The zero-order valence-electron chi connectivity index (χ0n) is 17.8. The van der Waals surface area contributed by atoms with Crippen LogP contribution in [0.1, 0.15) is 9.75 Å². The lowest BCUT2D eigenvalue weighted by molar-refractivity contribution is 0.482. The van der Waals surface area contributed by atoms with Crippen molar-refractivity contribution in [2.75, 3.05) is 0 Å². The van der Waals surface area contributed by atoms with Crippen LogP contribution in [-0.2, 0) is 0 Å². The zero-order chi connectivity index (χ0) is 22.9. The SMILES string of the molecule is Oc1c(C=C=C/C=C/C=C/C=C/C=CC=Cc2sc3ccccc3c2O)sc2ccccc12. The van der Waals surface area contributed by atoms with E-state index in [1.54, 1.807) is 28.7 Å². The lowest BCUT2D eigenvalue weighted by Crippen LogP contribution is -1.63. The van der Waals surface area contributed by atoms with Gasteiger partial charge in [0.2, 0.25) is 0 Å². The normalized spacial score (nSPS) is 12.4. The van der Waals surface area contributed by atoms with Crippen molar-refractivity contribution in [3.8, 4) is 11.5 Å². The van der Waals surface area contributed by atoms with E-state index in [2.05, 4.69) is 5.73 Å². The number of rotatable bonds is 7. The van der Waals surface area contributed by atoms with Gasteiger partial charge in [-0.05, 0) is 36.4 Å². The average Bonchev–Trinajstić information content (AvgIpc) is 3.33. The molecule has 0 aliphatic rings. The lowest BCUT2D eigenvalue weighted by atomic mass is 10.2. The monoisotopic (exact) mass is 466 g/mol. The van der Waals surface area contributed by atoms with E-state index < -0.39 is 0 Å². The van der Waals surface area contributed by atoms with Crippen LogP contribution in [0.2, 0.25) is 0 Å². The minimum absolute atomic E-state index is 0.314. The van der Waals surface area contributed by atoms with Gasteiger partial charge in [-0.1, -0.05) is 78.9 Å². The summed E-state index contributed by atoms with van der Waals surface area (Å²) in [6, 6.07) is 15.7. The van der Waals surface area contributed by atoms with Crippen LogP contribution in [0.15, 0.2) is 115 Å². The maximum Gasteiger partial charge on any atom is 0.142 e. The third-order valence-corrected chi connectivity index (χ3v) is 6.97. The largest absolute Gasteiger partial charge is 0.506 e. The van der Waals surface area contributed by atoms with E-state index >= 15 is 0 Å². The van der Waals surface area contributed by atoms with E-state index in [1.807, 2.05) is 115 Å². The summed E-state index contributed by atoms with van der Waals surface area (Å²) in [5.41, 5.74) is 3.08. The van der Waals surface area contributed by atoms with Gasteiger partial charge in [0, 0.05) is 26.2 Å². The van der Waals surface area contributed by atoms with E-state index in [-0.39, 0.29) is 0 Å². The molecule has 162 valence electrons. The quantitative estimate of drug-likeness (QED) is 0.211. The topological polar surface area (TPSA) is 40.5 Å². The molecule has 0 unspecified atom stereocenters. The first-order valence-corrected chi connectivity index (χ1v) is 12.0. The summed E-state index contributed by atoms with van der Waals surface area (Å²) in [4.78, 5) is 1.67. The molecule has 0 spiro atoms. The zero-order valence-corrected chi connectivity index (χ0v) is 19.4. The van der Waals surface area contributed by atoms with Crippen molar-refractivity contribution in [2.24, 2.45) is 0 Å². The number of aromatic hydroxyl groups is 2. The fourth-order valence-corrected chi connectivity index (χ4v) is 5.14. The average molecular weight is 467 g/mol. The Labute approximate surface area is 201 Å². The fourth-order valence-electron chi connectivity index (χ4n) is 3.14. The standard InChI is InChI=1S/C29H22O2S2/c30-28-22-16-12-14-18-24(22)32-26(28)20-10-8-6-4-2-1-3-5-7-9-11-21-27-29(31)23-17-13-15-19-25(23)33-27/h1-10,12-21,30-31H/b3-1+,4-2+,7-5+,8-6?,20-10?. The predicted molar refractivity (Wildman–Crippen MR) is 145 cm³/mol. The highest BCUT2D eigenvalue weighted by Crippen LogP contribution is 2.38. The first-order valence-electron chi connectivity index (χ1n) is 10.4. The van der Waals surface area contributed by atoms with E-state index in [0.717, 1.165) is 29.9 Å². The van der Waals surface area contributed by atoms with Crippen LogP contribution in [0.4, 0.5) is 0 Å². The van der Waals surface area contributed by atoms with Gasteiger partial charge >= 0.3 is 0 Å². The minimum Gasteiger partial charge on any atom is -0.506 e.